The van der Waals surface area contributed by atoms with Crippen LogP contribution in [0.4, 0.5) is 0 Å². The van der Waals surface area contributed by atoms with Gasteiger partial charge < -0.3 is 5.32 Å². The summed E-state index contributed by atoms with van der Waals surface area (Å²) in [4.78, 5) is 12.4. The van der Waals surface area contributed by atoms with Crippen molar-refractivity contribution in [1.29, 1.82) is 0 Å². The molecule has 0 bridgehead atoms. The van der Waals surface area contributed by atoms with Crippen molar-refractivity contribution < 1.29 is 4.79 Å². The second-order valence-electron chi connectivity index (χ2n) is 6.94. The van der Waals surface area contributed by atoms with E-state index in [9.17, 15) is 4.79 Å². The van der Waals surface area contributed by atoms with Crippen molar-refractivity contribution in [2.24, 2.45) is 0 Å². The number of rotatable bonds is 4. The van der Waals surface area contributed by atoms with Crippen LogP contribution >= 0.6 is 0 Å². The summed E-state index contributed by atoms with van der Waals surface area (Å²) in [5.41, 5.74) is 5.75. The average Bonchev–Trinajstić information content (AvgIpc) is 2.86. The lowest BCUT2D eigenvalue weighted by atomic mass is 9.71. The minimum absolute atomic E-state index is 0.0327. The molecule has 23 heavy (non-hydrogen) atoms. The molecule has 2 aromatic rings. The van der Waals surface area contributed by atoms with Gasteiger partial charge in [0.2, 0.25) is 5.91 Å². The summed E-state index contributed by atoms with van der Waals surface area (Å²) in [7, 11) is 0. The Morgan fingerprint density at radius 1 is 1.35 bits per heavy atom. The second kappa shape index (κ2) is 6.19. The Labute approximate surface area is 137 Å². The molecule has 0 saturated heterocycles. The molecule has 1 aromatic heterocycles. The fourth-order valence-electron chi connectivity index (χ4n) is 3.67. The van der Waals surface area contributed by atoms with Crippen LogP contribution in [0.1, 0.15) is 47.8 Å². The number of carbonyl (C=O) groups excluding carboxylic acids is 1. The molecular formula is C19H25N3O. The highest BCUT2D eigenvalue weighted by atomic mass is 16.1. The monoisotopic (exact) mass is 311 g/mol. The number of aryl methyl sites for hydroxylation is 3. The Balaban J connectivity index is 1.68. The van der Waals surface area contributed by atoms with Gasteiger partial charge in [-0.25, -0.2) is 0 Å². The van der Waals surface area contributed by atoms with Crippen LogP contribution in [-0.2, 0) is 23.1 Å². The van der Waals surface area contributed by atoms with E-state index in [0.717, 1.165) is 29.8 Å². The highest BCUT2D eigenvalue weighted by Gasteiger charge is 2.32. The van der Waals surface area contributed by atoms with E-state index < -0.39 is 0 Å². The summed E-state index contributed by atoms with van der Waals surface area (Å²) in [5, 5.41) is 10.2. The lowest BCUT2D eigenvalue weighted by molar-refractivity contribution is -0.120. The highest BCUT2D eigenvalue weighted by molar-refractivity contribution is 5.79. The summed E-state index contributed by atoms with van der Waals surface area (Å²) in [5.74, 6) is 0.0712. The molecular weight excluding hydrogens is 286 g/mol. The molecule has 1 atom stereocenters. The predicted molar refractivity (Wildman–Crippen MR) is 91.5 cm³/mol. The van der Waals surface area contributed by atoms with E-state index in [-0.39, 0.29) is 11.3 Å². The Kier molecular flexibility index (Phi) is 4.24. The number of nitrogens with zero attached hydrogens (tertiary/aromatic N) is 1. The van der Waals surface area contributed by atoms with Gasteiger partial charge in [0.25, 0.3) is 0 Å². The Morgan fingerprint density at radius 3 is 2.87 bits per heavy atom. The number of amides is 1. The molecule has 0 aliphatic heterocycles. The third kappa shape index (κ3) is 3.16. The molecule has 1 amide bonds. The van der Waals surface area contributed by atoms with Crippen molar-refractivity contribution in [1.82, 2.24) is 15.5 Å². The lowest BCUT2D eigenvalue weighted by Crippen LogP contribution is -2.41. The first-order chi connectivity index (χ1) is 11.0. The first kappa shape index (κ1) is 15.8. The van der Waals surface area contributed by atoms with Crippen LogP contribution in [0.5, 0.6) is 0 Å². The zero-order valence-electron chi connectivity index (χ0n) is 14.2. The molecule has 4 nitrogen and oxygen atoms in total. The normalized spacial score (nSPS) is 20.1. The maximum Gasteiger partial charge on any atom is 0.224 e. The van der Waals surface area contributed by atoms with Crippen LogP contribution in [0, 0.1) is 13.8 Å². The number of aromatic nitrogens is 2. The smallest absolute Gasteiger partial charge is 0.224 e. The summed E-state index contributed by atoms with van der Waals surface area (Å²) in [6.45, 7) is 6.85. The number of hydrogen-bond donors (Lipinski definition) is 2. The van der Waals surface area contributed by atoms with Crippen molar-refractivity contribution in [2.75, 3.05) is 6.54 Å². The summed E-state index contributed by atoms with van der Waals surface area (Å²) < 4.78 is 0. The van der Waals surface area contributed by atoms with Crippen molar-refractivity contribution >= 4 is 5.91 Å². The van der Waals surface area contributed by atoms with Crippen LogP contribution < -0.4 is 5.32 Å². The first-order valence-electron chi connectivity index (χ1n) is 8.35. The minimum Gasteiger partial charge on any atom is -0.355 e. The molecule has 0 saturated carbocycles. The molecule has 1 unspecified atom stereocenters. The number of fused-ring (bicyclic) bond motifs is 1. The fraction of sp³-hybridized carbons (Fsp3) is 0.474. The molecule has 2 N–H and O–H groups in total. The van der Waals surface area contributed by atoms with Crippen LogP contribution in [0.2, 0.25) is 0 Å². The Morgan fingerprint density at radius 2 is 2.13 bits per heavy atom. The number of hydrogen-bond acceptors (Lipinski definition) is 2. The van der Waals surface area contributed by atoms with Gasteiger partial charge in [-0.3, -0.25) is 9.89 Å². The van der Waals surface area contributed by atoms with Gasteiger partial charge in [0.1, 0.15) is 0 Å². The number of aromatic amines is 1. The van der Waals surface area contributed by atoms with Gasteiger partial charge in [-0.05, 0) is 44.2 Å². The van der Waals surface area contributed by atoms with E-state index in [1.54, 1.807) is 0 Å². The summed E-state index contributed by atoms with van der Waals surface area (Å²) in [6.07, 6.45) is 3.84. The first-order valence-corrected chi connectivity index (χ1v) is 8.35. The van der Waals surface area contributed by atoms with Gasteiger partial charge in [0.05, 0.1) is 12.1 Å². The van der Waals surface area contributed by atoms with Gasteiger partial charge in [0, 0.05) is 23.2 Å². The third-order valence-corrected chi connectivity index (χ3v) is 5.14. The summed E-state index contributed by atoms with van der Waals surface area (Å²) in [6, 6.07) is 8.63. The Bertz CT molecular complexity index is 700. The molecule has 4 heteroatoms. The van der Waals surface area contributed by atoms with Gasteiger partial charge in [-0.15, -0.1) is 0 Å². The molecule has 3 rings (SSSR count). The van der Waals surface area contributed by atoms with Gasteiger partial charge in [0.15, 0.2) is 0 Å². The standard InChI is InChI=1S/C19H25N3O/c1-13-16(14(2)22-21-13)11-18(23)20-12-19(3)10-6-8-15-7-4-5-9-17(15)19/h4-5,7,9H,6,8,10-12H2,1-3H3,(H,20,23)(H,21,22). The van der Waals surface area contributed by atoms with Crippen LogP contribution in [0.3, 0.4) is 0 Å². The minimum atomic E-state index is 0.0327. The average molecular weight is 311 g/mol. The molecule has 1 aliphatic rings. The highest BCUT2D eigenvalue weighted by Crippen LogP contribution is 2.36. The fourth-order valence-corrected chi connectivity index (χ4v) is 3.67. The number of H-pyrrole nitrogens is 1. The number of carbonyl (C=O) groups is 1. The van der Waals surface area contributed by atoms with E-state index >= 15 is 0 Å². The van der Waals surface area contributed by atoms with Crippen molar-refractivity contribution in [2.45, 2.75) is 51.9 Å². The largest absolute Gasteiger partial charge is 0.355 e. The molecule has 1 heterocycles. The topological polar surface area (TPSA) is 57.8 Å². The number of nitrogens with one attached hydrogen (secondary N) is 2. The van der Waals surface area contributed by atoms with Crippen molar-refractivity contribution in [3.05, 3.63) is 52.3 Å². The van der Waals surface area contributed by atoms with E-state index in [2.05, 4.69) is 46.7 Å². The zero-order valence-corrected chi connectivity index (χ0v) is 14.2. The van der Waals surface area contributed by atoms with Gasteiger partial charge >= 0.3 is 0 Å². The SMILES string of the molecule is Cc1n[nH]c(C)c1CC(=O)NCC1(C)CCCc2ccccc21. The third-order valence-electron chi connectivity index (χ3n) is 5.14. The molecule has 122 valence electrons. The maximum atomic E-state index is 12.4. The summed E-state index contributed by atoms with van der Waals surface area (Å²) >= 11 is 0. The van der Waals surface area contributed by atoms with Crippen molar-refractivity contribution in [3.8, 4) is 0 Å². The van der Waals surface area contributed by atoms with Gasteiger partial charge in [-0.1, -0.05) is 31.2 Å². The van der Waals surface area contributed by atoms with Crippen molar-refractivity contribution in [3.63, 3.8) is 0 Å². The van der Waals surface area contributed by atoms with Crippen LogP contribution in [0.25, 0.3) is 0 Å². The molecule has 0 spiro atoms. The molecule has 0 radical (unpaired) electrons. The molecule has 1 aromatic carbocycles. The molecule has 0 fully saturated rings. The van der Waals surface area contributed by atoms with E-state index in [4.69, 9.17) is 0 Å². The predicted octanol–water partition coefficient (Wildman–Crippen LogP) is 2.98. The quantitative estimate of drug-likeness (QED) is 0.912. The van der Waals surface area contributed by atoms with Crippen LogP contribution in [0.15, 0.2) is 24.3 Å². The van der Waals surface area contributed by atoms with Gasteiger partial charge in [-0.2, -0.15) is 5.10 Å². The Hall–Kier alpha value is -2.10. The number of benzene rings is 1. The maximum absolute atomic E-state index is 12.4. The second-order valence-corrected chi connectivity index (χ2v) is 6.94. The molecule has 1 aliphatic carbocycles. The van der Waals surface area contributed by atoms with E-state index in [1.165, 1.54) is 17.5 Å². The van der Waals surface area contributed by atoms with E-state index in [1.807, 2.05) is 13.8 Å². The zero-order chi connectivity index (χ0) is 16.4. The van der Waals surface area contributed by atoms with Crippen LogP contribution in [-0.4, -0.2) is 22.6 Å². The lowest BCUT2D eigenvalue weighted by Gasteiger charge is -2.36. The van der Waals surface area contributed by atoms with E-state index in [0.29, 0.717) is 13.0 Å².